The molecule has 3 nitrogen and oxygen atoms in total. The smallest absolute Gasteiger partial charge is 0.0928 e. The zero-order chi connectivity index (χ0) is 14.4. The van der Waals surface area contributed by atoms with Crippen LogP contribution in [0.25, 0.3) is 0 Å². The summed E-state index contributed by atoms with van der Waals surface area (Å²) >= 11 is 7.46. The summed E-state index contributed by atoms with van der Waals surface area (Å²) in [6.45, 7) is 1.87. The van der Waals surface area contributed by atoms with Crippen LogP contribution in [0.1, 0.15) is 49.2 Å². The molecule has 1 saturated carbocycles. The van der Waals surface area contributed by atoms with Crippen LogP contribution in [-0.4, -0.2) is 40.7 Å². The van der Waals surface area contributed by atoms with E-state index in [-0.39, 0.29) is 0 Å². The SMILES string of the molecule is CN(CCCCc1nc(CCl)cs1)CC1(O)CCCC1. The summed E-state index contributed by atoms with van der Waals surface area (Å²) in [5.41, 5.74) is 0.575. The van der Waals surface area contributed by atoms with Crippen molar-refractivity contribution in [1.82, 2.24) is 9.88 Å². The van der Waals surface area contributed by atoms with E-state index in [1.165, 1.54) is 17.8 Å². The highest BCUT2D eigenvalue weighted by atomic mass is 35.5. The molecule has 0 saturated heterocycles. The first-order valence-corrected chi connectivity index (χ1v) is 8.93. The number of unbranched alkanes of at least 4 members (excludes halogenated alkanes) is 1. The lowest BCUT2D eigenvalue weighted by Crippen LogP contribution is -2.39. The Balaban J connectivity index is 1.60. The van der Waals surface area contributed by atoms with Crippen LogP contribution in [0.5, 0.6) is 0 Å². The maximum Gasteiger partial charge on any atom is 0.0928 e. The summed E-state index contributed by atoms with van der Waals surface area (Å²) in [4.78, 5) is 6.75. The van der Waals surface area contributed by atoms with Crippen LogP contribution in [0.15, 0.2) is 5.38 Å². The van der Waals surface area contributed by atoms with Gasteiger partial charge in [-0.3, -0.25) is 0 Å². The van der Waals surface area contributed by atoms with Gasteiger partial charge in [-0.15, -0.1) is 22.9 Å². The zero-order valence-electron chi connectivity index (χ0n) is 12.3. The molecular formula is C15H25ClN2OS. The van der Waals surface area contributed by atoms with Crippen molar-refractivity contribution >= 4 is 22.9 Å². The second-order valence-corrected chi connectivity index (χ2v) is 7.20. The molecule has 0 atom stereocenters. The Kier molecular flexibility index (Phi) is 6.27. The Hall–Kier alpha value is -0.160. The lowest BCUT2D eigenvalue weighted by molar-refractivity contribution is 0.0161. The molecule has 5 heteroatoms. The van der Waals surface area contributed by atoms with E-state index >= 15 is 0 Å². The molecule has 0 aliphatic heterocycles. The van der Waals surface area contributed by atoms with Gasteiger partial charge in [0, 0.05) is 11.9 Å². The van der Waals surface area contributed by atoms with Gasteiger partial charge >= 0.3 is 0 Å². The third kappa shape index (κ3) is 4.99. The van der Waals surface area contributed by atoms with Crippen molar-refractivity contribution in [3.63, 3.8) is 0 Å². The normalized spacial score (nSPS) is 18.0. The number of alkyl halides is 1. The molecule has 1 aromatic rings. The molecular weight excluding hydrogens is 292 g/mol. The molecule has 0 radical (unpaired) electrons. The van der Waals surface area contributed by atoms with Crippen LogP contribution < -0.4 is 0 Å². The molecule has 2 rings (SSSR count). The van der Waals surface area contributed by atoms with Gasteiger partial charge in [0.25, 0.3) is 0 Å². The third-order valence-electron chi connectivity index (χ3n) is 4.02. The molecule has 1 aliphatic rings. The minimum absolute atomic E-state index is 0.417. The van der Waals surface area contributed by atoms with Gasteiger partial charge in [-0.25, -0.2) is 4.98 Å². The number of nitrogens with zero attached hydrogens (tertiary/aromatic N) is 2. The fourth-order valence-electron chi connectivity index (χ4n) is 2.96. The molecule has 1 heterocycles. The van der Waals surface area contributed by atoms with Crippen LogP contribution in [-0.2, 0) is 12.3 Å². The van der Waals surface area contributed by atoms with Crippen LogP contribution in [0.3, 0.4) is 0 Å². The fourth-order valence-corrected chi connectivity index (χ4v) is 4.02. The van der Waals surface area contributed by atoms with Crippen molar-refractivity contribution in [1.29, 1.82) is 0 Å². The summed E-state index contributed by atoms with van der Waals surface area (Å²) in [6.07, 6.45) is 7.64. The predicted molar refractivity (Wildman–Crippen MR) is 85.5 cm³/mol. The van der Waals surface area contributed by atoms with Crippen molar-refractivity contribution < 1.29 is 5.11 Å². The number of rotatable bonds is 8. The lowest BCUT2D eigenvalue weighted by atomic mass is 10.0. The first kappa shape index (κ1) is 16.2. The van der Waals surface area contributed by atoms with E-state index in [1.54, 1.807) is 11.3 Å². The topological polar surface area (TPSA) is 36.4 Å². The van der Waals surface area contributed by atoms with Crippen LogP contribution in [0.4, 0.5) is 0 Å². The number of aliphatic hydroxyl groups is 1. The fraction of sp³-hybridized carbons (Fsp3) is 0.800. The van der Waals surface area contributed by atoms with Crippen molar-refractivity contribution in [2.45, 2.75) is 56.4 Å². The van der Waals surface area contributed by atoms with Gasteiger partial charge in [0.1, 0.15) is 0 Å². The largest absolute Gasteiger partial charge is 0.389 e. The number of likely N-dealkylation sites (N-methyl/N-ethyl adjacent to an activating group) is 1. The third-order valence-corrected chi connectivity index (χ3v) is 5.25. The summed E-state index contributed by atoms with van der Waals surface area (Å²) in [7, 11) is 2.12. The molecule has 0 bridgehead atoms. The molecule has 0 aromatic carbocycles. The van der Waals surface area contributed by atoms with Crippen molar-refractivity contribution in [2.75, 3.05) is 20.1 Å². The van der Waals surface area contributed by atoms with E-state index in [1.807, 2.05) is 5.38 Å². The van der Waals surface area contributed by atoms with Gasteiger partial charge in [0.15, 0.2) is 0 Å². The first-order chi connectivity index (χ1) is 9.61. The minimum Gasteiger partial charge on any atom is -0.389 e. The van der Waals surface area contributed by atoms with Crippen molar-refractivity contribution in [3.8, 4) is 0 Å². The van der Waals surface area contributed by atoms with Crippen LogP contribution >= 0.6 is 22.9 Å². The molecule has 1 fully saturated rings. The molecule has 1 aliphatic carbocycles. The van der Waals surface area contributed by atoms with Crippen LogP contribution in [0.2, 0.25) is 0 Å². The number of halogens is 1. The van der Waals surface area contributed by atoms with Gasteiger partial charge in [-0.1, -0.05) is 12.8 Å². The summed E-state index contributed by atoms with van der Waals surface area (Å²) in [5.74, 6) is 0.512. The predicted octanol–water partition coefficient (Wildman–Crippen LogP) is 3.44. The highest BCUT2D eigenvalue weighted by Crippen LogP contribution is 2.29. The number of hydrogen-bond acceptors (Lipinski definition) is 4. The second kappa shape index (κ2) is 7.74. The second-order valence-electron chi connectivity index (χ2n) is 5.99. The maximum absolute atomic E-state index is 10.4. The minimum atomic E-state index is -0.417. The van der Waals surface area contributed by atoms with E-state index < -0.39 is 5.60 Å². The highest BCUT2D eigenvalue weighted by molar-refractivity contribution is 7.09. The van der Waals surface area contributed by atoms with E-state index in [0.29, 0.717) is 5.88 Å². The zero-order valence-corrected chi connectivity index (χ0v) is 13.8. The molecule has 1 aromatic heterocycles. The molecule has 1 N–H and O–H groups in total. The molecule has 0 amide bonds. The first-order valence-electron chi connectivity index (χ1n) is 7.51. The standard InChI is InChI=1S/C15H25ClN2OS/c1-18(12-15(19)7-3-4-8-15)9-5-2-6-14-17-13(10-16)11-20-14/h11,19H,2-10,12H2,1H3. The van der Waals surface area contributed by atoms with E-state index in [0.717, 1.165) is 50.9 Å². The quantitative estimate of drug-likeness (QED) is 0.589. The van der Waals surface area contributed by atoms with Gasteiger partial charge in [-0.2, -0.15) is 0 Å². The molecule has 0 unspecified atom stereocenters. The Morgan fingerprint density at radius 1 is 1.40 bits per heavy atom. The average molecular weight is 317 g/mol. The lowest BCUT2D eigenvalue weighted by Gasteiger charge is -2.28. The van der Waals surface area contributed by atoms with Gasteiger partial charge in [0.05, 0.1) is 22.2 Å². The number of thiazole rings is 1. The Labute approximate surface area is 131 Å². The number of aromatic nitrogens is 1. The van der Waals surface area contributed by atoms with Crippen molar-refractivity contribution in [3.05, 3.63) is 16.1 Å². The Bertz CT molecular complexity index is 404. The monoisotopic (exact) mass is 316 g/mol. The number of aryl methyl sites for hydroxylation is 1. The maximum atomic E-state index is 10.4. The summed E-state index contributed by atoms with van der Waals surface area (Å²) < 4.78 is 0. The molecule has 0 spiro atoms. The number of hydrogen-bond donors (Lipinski definition) is 1. The van der Waals surface area contributed by atoms with E-state index in [9.17, 15) is 5.11 Å². The van der Waals surface area contributed by atoms with Crippen LogP contribution in [0, 0.1) is 0 Å². The van der Waals surface area contributed by atoms with E-state index in [4.69, 9.17) is 11.6 Å². The molecule has 20 heavy (non-hydrogen) atoms. The van der Waals surface area contributed by atoms with Gasteiger partial charge in [0.2, 0.25) is 0 Å². The molecule has 114 valence electrons. The van der Waals surface area contributed by atoms with Crippen molar-refractivity contribution in [2.24, 2.45) is 0 Å². The van der Waals surface area contributed by atoms with Gasteiger partial charge < -0.3 is 10.0 Å². The highest BCUT2D eigenvalue weighted by Gasteiger charge is 2.31. The summed E-state index contributed by atoms with van der Waals surface area (Å²) in [5, 5.41) is 13.6. The Morgan fingerprint density at radius 3 is 2.80 bits per heavy atom. The Morgan fingerprint density at radius 2 is 2.15 bits per heavy atom. The van der Waals surface area contributed by atoms with Gasteiger partial charge in [-0.05, 0) is 45.7 Å². The summed E-state index contributed by atoms with van der Waals surface area (Å²) in [6, 6.07) is 0. The average Bonchev–Trinajstić information content (AvgIpc) is 3.04. The van der Waals surface area contributed by atoms with E-state index in [2.05, 4.69) is 16.9 Å².